The summed E-state index contributed by atoms with van der Waals surface area (Å²) < 4.78 is 1.84. The minimum Gasteiger partial charge on any atom is -0.383 e. The van der Waals surface area contributed by atoms with Crippen LogP contribution in [0, 0.1) is 0 Å². The van der Waals surface area contributed by atoms with Crippen LogP contribution in [0.4, 0.5) is 0 Å². The van der Waals surface area contributed by atoms with Gasteiger partial charge in [-0.2, -0.15) is 0 Å². The molecule has 15 heavy (non-hydrogen) atoms. The molecule has 0 saturated carbocycles. The molecule has 1 aromatic heterocycles. The van der Waals surface area contributed by atoms with Gasteiger partial charge in [0.1, 0.15) is 11.5 Å². The van der Waals surface area contributed by atoms with Crippen molar-refractivity contribution in [1.82, 2.24) is 14.5 Å². The lowest BCUT2D eigenvalue weighted by Crippen LogP contribution is -2.07. The number of aryl methyl sites for hydroxylation is 1. The third-order valence-corrected chi connectivity index (χ3v) is 2.18. The van der Waals surface area contributed by atoms with E-state index in [1.807, 2.05) is 37.5 Å². The Morgan fingerprint density at radius 1 is 1.60 bits per heavy atom. The zero-order valence-corrected chi connectivity index (χ0v) is 9.69. The molecule has 0 atom stereocenters. The maximum atomic E-state index is 11.7. The van der Waals surface area contributed by atoms with Crippen LogP contribution in [0.2, 0.25) is 0 Å². The van der Waals surface area contributed by atoms with E-state index in [9.17, 15) is 4.79 Å². The molecule has 0 aliphatic carbocycles. The molecule has 1 aromatic rings. The van der Waals surface area contributed by atoms with Crippen molar-refractivity contribution in [3.8, 4) is 0 Å². The van der Waals surface area contributed by atoms with Crippen LogP contribution >= 0.6 is 0 Å². The van der Waals surface area contributed by atoms with Crippen LogP contribution in [0.5, 0.6) is 0 Å². The highest BCUT2D eigenvalue weighted by atomic mass is 16.1. The summed E-state index contributed by atoms with van der Waals surface area (Å²) >= 11 is 0. The molecule has 0 aromatic carbocycles. The van der Waals surface area contributed by atoms with Gasteiger partial charge in [0.15, 0.2) is 0 Å². The third-order valence-electron chi connectivity index (χ3n) is 2.18. The Bertz CT molecular complexity index is 377. The third kappa shape index (κ3) is 2.68. The molecule has 0 aliphatic rings. The highest BCUT2D eigenvalue weighted by molar-refractivity contribution is 6.03. The summed E-state index contributed by atoms with van der Waals surface area (Å²) in [6, 6.07) is 0. The van der Waals surface area contributed by atoms with Crippen LogP contribution in [0.1, 0.15) is 23.2 Å². The van der Waals surface area contributed by atoms with Crippen LogP contribution in [0.25, 0.3) is 0 Å². The second-order valence-corrected chi connectivity index (χ2v) is 3.62. The molecule has 1 heterocycles. The maximum Gasteiger partial charge on any atom is 0.205 e. The molecule has 0 bridgehead atoms. The van der Waals surface area contributed by atoms with E-state index < -0.39 is 0 Å². The average molecular weight is 207 g/mol. The number of ketones is 1. The van der Waals surface area contributed by atoms with Gasteiger partial charge in [-0.15, -0.1) is 0 Å². The molecule has 0 amide bonds. The summed E-state index contributed by atoms with van der Waals surface area (Å²) in [6.45, 7) is 2.02. The number of imidazole rings is 1. The van der Waals surface area contributed by atoms with Crippen molar-refractivity contribution in [2.24, 2.45) is 7.05 Å². The molecule has 0 unspecified atom stereocenters. The fraction of sp³-hybridized carbons (Fsp3) is 0.455. The van der Waals surface area contributed by atoms with E-state index in [1.165, 1.54) is 0 Å². The molecule has 4 heteroatoms. The Balaban J connectivity index is 2.87. The number of allylic oxidation sites excluding steroid dienone is 1. The normalized spacial score (nSPS) is 10.9. The molecular formula is C11H17N3O. The van der Waals surface area contributed by atoms with E-state index in [2.05, 4.69) is 4.98 Å². The van der Waals surface area contributed by atoms with Gasteiger partial charge in [-0.3, -0.25) is 4.79 Å². The average Bonchev–Trinajstić information content (AvgIpc) is 2.56. The van der Waals surface area contributed by atoms with Crippen molar-refractivity contribution < 1.29 is 4.79 Å². The van der Waals surface area contributed by atoms with E-state index in [0.29, 0.717) is 5.69 Å². The van der Waals surface area contributed by atoms with Crippen molar-refractivity contribution in [2.75, 3.05) is 14.1 Å². The van der Waals surface area contributed by atoms with E-state index in [0.717, 1.165) is 12.2 Å². The minimum absolute atomic E-state index is 0.0154. The minimum atomic E-state index is -0.0154. The summed E-state index contributed by atoms with van der Waals surface area (Å²) in [5.41, 5.74) is 0.630. The topological polar surface area (TPSA) is 38.1 Å². The van der Waals surface area contributed by atoms with Crippen LogP contribution < -0.4 is 0 Å². The van der Waals surface area contributed by atoms with E-state index in [4.69, 9.17) is 0 Å². The Labute approximate surface area is 90.2 Å². The molecule has 82 valence electrons. The summed E-state index contributed by atoms with van der Waals surface area (Å²) in [4.78, 5) is 17.7. The van der Waals surface area contributed by atoms with Crippen LogP contribution in [-0.2, 0) is 13.5 Å². The van der Waals surface area contributed by atoms with Gasteiger partial charge in [0.05, 0.1) is 6.20 Å². The number of nitrogens with zero attached hydrogens (tertiary/aromatic N) is 3. The lowest BCUT2D eigenvalue weighted by molar-refractivity contribution is 0.103. The number of carbonyl (C=O) groups excluding carboxylic acids is 1. The van der Waals surface area contributed by atoms with Gasteiger partial charge in [-0.25, -0.2) is 4.98 Å². The number of carbonyl (C=O) groups is 1. The quantitative estimate of drug-likeness (QED) is 0.550. The smallest absolute Gasteiger partial charge is 0.205 e. The van der Waals surface area contributed by atoms with E-state index in [1.54, 1.807) is 18.5 Å². The fourth-order valence-electron chi connectivity index (χ4n) is 1.31. The highest BCUT2D eigenvalue weighted by Gasteiger charge is 2.09. The van der Waals surface area contributed by atoms with Crippen LogP contribution in [0.15, 0.2) is 18.5 Å². The van der Waals surface area contributed by atoms with E-state index in [-0.39, 0.29) is 5.78 Å². The fourth-order valence-corrected chi connectivity index (χ4v) is 1.31. The summed E-state index contributed by atoms with van der Waals surface area (Å²) in [5, 5.41) is 0. The largest absolute Gasteiger partial charge is 0.383 e. The van der Waals surface area contributed by atoms with Gasteiger partial charge in [0, 0.05) is 39.8 Å². The SMILES string of the molecule is CCc1ncc(C(=O)C=CN(C)C)n1C. The first kappa shape index (κ1) is 11.5. The molecule has 0 spiro atoms. The first-order chi connectivity index (χ1) is 7.06. The maximum absolute atomic E-state index is 11.7. The molecule has 0 aliphatic heterocycles. The molecule has 4 nitrogen and oxygen atoms in total. The first-order valence-electron chi connectivity index (χ1n) is 4.95. The van der Waals surface area contributed by atoms with Crippen LogP contribution in [0.3, 0.4) is 0 Å². The molecule has 0 saturated heterocycles. The van der Waals surface area contributed by atoms with Crippen LogP contribution in [-0.4, -0.2) is 34.3 Å². The van der Waals surface area contributed by atoms with Gasteiger partial charge >= 0.3 is 0 Å². The highest BCUT2D eigenvalue weighted by Crippen LogP contribution is 2.05. The molecular weight excluding hydrogens is 190 g/mol. The number of rotatable bonds is 4. The van der Waals surface area contributed by atoms with Crippen molar-refractivity contribution in [2.45, 2.75) is 13.3 Å². The zero-order valence-electron chi connectivity index (χ0n) is 9.69. The van der Waals surface area contributed by atoms with Crippen molar-refractivity contribution >= 4 is 5.78 Å². The zero-order chi connectivity index (χ0) is 11.4. The lowest BCUT2D eigenvalue weighted by Gasteiger charge is -2.03. The van der Waals surface area contributed by atoms with Gasteiger partial charge in [-0.05, 0) is 0 Å². The summed E-state index contributed by atoms with van der Waals surface area (Å²) in [7, 11) is 5.62. The predicted molar refractivity (Wildman–Crippen MR) is 59.7 cm³/mol. The molecule has 0 fully saturated rings. The Kier molecular flexibility index (Phi) is 3.66. The first-order valence-corrected chi connectivity index (χ1v) is 4.95. The second-order valence-electron chi connectivity index (χ2n) is 3.62. The summed E-state index contributed by atoms with van der Waals surface area (Å²) in [6.07, 6.45) is 5.75. The molecule has 0 radical (unpaired) electrons. The number of hydrogen-bond acceptors (Lipinski definition) is 3. The van der Waals surface area contributed by atoms with Gasteiger partial charge < -0.3 is 9.47 Å². The van der Waals surface area contributed by atoms with Gasteiger partial charge in [0.25, 0.3) is 0 Å². The Morgan fingerprint density at radius 3 is 2.73 bits per heavy atom. The van der Waals surface area contributed by atoms with Gasteiger partial charge in [0.2, 0.25) is 5.78 Å². The lowest BCUT2D eigenvalue weighted by atomic mass is 10.3. The Morgan fingerprint density at radius 2 is 2.27 bits per heavy atom. The predicted octanol–water partition coefficient (Wildman–Crippen LogP) is 1.24. The number of hydrogen-bond donors (Lipinski definition) is 0. The van der Waals surface area contributed by atoms with Crippen molar-refractivity contribution in [1.29, 1.82) is 0 Å². The summed E-state index contributed by atoms with van der Waals surface area (Å²) in [5.74, 6) is 0.912. The monoisotopic (exact) mass is 207 g/mol. The van der Waals surface area contributed by atoms with E-state index >= 15 is 0 Å². The second kappa shape index (κ2) is 4.77. The van der Waals surface area contributed by atoms with Gasteiger partial charge in [-0.1, -0.05) is 6.92 Å². The van der Waals surface area contributed by atoms with Crippen molar-refractivity contribution in [3.05, 3.63) is 30.0 Å². The Hall–Kier alpha value is -1.58. The van der Waals surface area contributed by atoms with Crippen molar-refractivity contribution in [3.63, 3.8) is 0 Å². The molecule has 1 rings (SSSR count). The number of aromatic nitrogens is 2. The molecule has 0 N–H and O–H groups in total. The standard InChI is InChI=1S/C11H17N3O/c1-5-11-12-8-9(14(11)4)10(15)6-7-13(2)3/h6-8H,5H2,1-4H3.